The standard InChI is InChI=1S/C20H29Cl3O5Si/c1-25-17-14-16(15-18(26-2)20(17)27-3)10-11-19(24)28-12-8-6-4-5-7-9-13-29(21,22)23/h10-11,14-15H,4-9,12-13H2,1-3H3/b11-10+. The smallest absolute Gasteiger partial charge is 0.341 e. The molecular weight excluding hydrogens is 455 g/mol. The van der Waals surface area contributed by atoms with Gasteiger partial charge in [-0.3, -0.25) is 0 Å². The Bertz CT molecular complexity index is 637. The SMILES string of the molecule is COc1cc(/C=C/C(=O)OCCCCCCCC[Si](Cl)(Cl)Cl)cc(OC)c1OC. The van der Waals surface area contributed by atoms with Crippen LogP contribution in [0.5, 0.6) is 17.2 Å². The predicted octanol–water partition coefficient (Wildman–Crippen LogP) is 6.26. The van der Waals surface area contributed by atoms with Crippen LogP contribution in [-0.2, 0) is 9.53 Å². The summed E-state index contributed by atoms with van der Waals surface area (Å²) in [6.45, 7) is 0.402. The van der Waals surface area contributed by atoms with Gasteiger partial charge in [0.15, 0.2) is 11.5 Å². The van der Waals surface area contributed by atoms with Crippen molar-refractivity contribution in [3.8, 4) is 17.2 Å². The number of rotatable bonds is 14. The second kappa shape index (κ2) is 14.0. The minimum absolute atomic E-state index is 0.383. The second-order valence-electron chi connectivity index (χ2n) is 6.45. The first-order valence-electron chi connectivity index (χ1n) is 9.52. The lowest BCUT2D eigenvalue weighted by Crippen LogP contribution is -2.07. The van der Waals surface area contributed by atoms with E-state index in [0.29, 0.717) is 29.9 Å². The quantitative estimate of drug-likeness (QED) is 0.103. The topological polar surface area (TPSA) is 54.0 Å². The molecule has 0 aliphatic rings. The van der Waals surface area contributed by atoms with E-state index in [2.05, 4.69) is 0 Å². The number of halogens is 3. The van der Waals surface area contributed by atoms with Gasteiger partial charge in [0.1, 0.15) is 0 Å². The van der Waals surface area contributed by atoms with Gasteiger partial charge in [-0.15, -0.1) is 33.2 Å². The van der Waals surface area contributed by atoms with Gasteiger partial charge in [-0.25, -0.2) is 4.79 Å². The van der Waals surface area contributed by atoms with Gasteiger partial charge in [-0.2, -0.15) is 0 Å². The minimum Gasteiger partial charge on any atom is -0.493 e. The zero-order valence-electron chi connectivity index (χ0n) is 17.1. The molecule has 5 nitrogen and oxygen atoms in total. The number of carbonyl (C=O) groups excluding carboxylic acids is 1. The zero-order valence-corrected chi connectivity index (χ0v) is 20.4. The Kier molecular flexibility index (Phi) is 12.5. The monoisotopic (exact) mass is 482 g/mol. The van der Waals surface area contributed by atoms with Gasteiger partial charge in [-0.05, 0) is 36.2 Å². The Labute approximate surface area is 188 Å². The van der Waals surface area contributed by atoms with Crippen molar-refractivity contribution in [1.82, 2.24) is 0 Å². The predicted molar refractivity (Wildman–Crippen MR) is 122 cm³/mol. The van der Waals surface area contributed by atoms with Crippen LogP contribution in [0.25, 0.3) is 6.08 Å². The maximum Gasteiger partial charge on any atom is 0.341 e. The zero-order chi connectivity index (χ0) is 21.7. The Morgan fingerprint density at radius 3 is 1.97 bits per heavy atom. The van der Waals surface area contributed by atoms with Crippen molar-refractivity contribution >= 4 is 51.3 Å². The lowest BCUT2D eigenvalue weighted by Gasteiger charge is -2.12. The van der Waals surface area contributed by atoms with Gasteiger partial charge in [-0.1, -0.05) is 32.1 Å². The summed E-state index contributed by atoms with van der Waals surface area (Å²) in [7, 11) is 4.63. The maximum absolute atomic E-state index is 11.9. The summed E-state index contributed by atoms with van der Waals surface area (Å²) in [5.41, 5.74) is 0.745. The Morgan fingerprint density at radius 2 is 1.45 bits per heavy atom. The lowest BCUT2D eigenvalue weighted by molar-refractivity contribution is -0.137. The van der Waals surface area contributed by atoms with Gasteiger partial charge in [0.05, 0.1) is 27.9 Å². The summed E-state index contributed by atoms with van der Waals surface area (Å²) in [5.74, 6) is 1.17. The molecule has 1 aromatic carbocycles. The van der Waals surface area contributed by atoms with E-state index in [1.807, 2.05) is 0 Å². The van der Waals surface area contributed by atoms with E-state index < -0.39 is 6.00 Å². The summed E-state index contributed by atoms with van der Waals surface area (Å²) in [6.07, 6.45) is 9.10. The van der Waals surface area contributed by atoms with Gasteiger partial charge < -0.3 is 18.9 Å². The molecule has 1 rings (SSSR count). The van der Waals surface area contributed by atoms with Crippen molar-refractivity contribution in [2.75, 3.05) is 27.9 Å². The number of unbranched alkanes of at least 4 members (excludes halogenated alkanes) is 5. The largest absolute Gasteiger partial charge is 0.493 e. The van der Waals surface area contributed by atoms with E-state index in [1.54, 1.807) is 39.5 Å². The molecule has 0 radical (unpaired) electrons. The van der Waals surface area contributed by atoms with E-state index in [0.717, 1.165) is 44.1 Å². The molecule has 0 fully saturated rings. The second-order valence-corrected chi connectivity index (χ2v) is 15.7. The summed E-state index contributed by atoms with van der Waals surface area (Å²) < 4.78 is 21.1. The highest BCUT2D eigenvalue weighted by atomic mass is 35.8. The molecule has 0 aliphatic heterocycles. The molecule has 0 spiro atoms. The van der Waals surface area contributed by atoms with Crippen molar-refractivity contribution in [3.63, 3.8) is 0 Å². The van der Waals surface area contributed by atoms with Crippen molar-refractivity contribution in [3.05, 3.63) is 23.8 Å². The molecule has 164 valence electrons. The number of hydrogen-bond acceptors (Lipinski definition) is 5. The normalized spacial score (nSPS) is 11.5. The molecule has 0 aliphatic carbocycles. The fraction of sp³-hybridized carbons (Fsp3) is 0.550. The highest BCUT2D eigenvalue weighted by Gasteiger charge is 2.23. The van der Waals surface area contributed by atoms with Crippen molar-refractivity contribution in [2.24, 2.45) is 0 Å². The highest BCUT2D eigenvalue weighted by molar-refractivity contribution is 7.64. The fourth-order valence-corrected chi connectivity index (χ4v) is 4.57. The Morgan fingerprint density at radius 1 is 0.897 bits per heavy atom. The number of ether oxygens (including phenoxy) is 4. The Balaban J connectivity index is 2.30. The number of methoxy groups -OCH3 is 3. The van der Waals surface area contributed by atoms with E-state index in [-0.39, 0.29) is 5.97 Å². The third kappa shape index (κ3) is 11.0. The first-order valence-corrected chi connectivity index (χ1v) is 14.8. The maximum atomic E-state index is 11.9. The van der Waals surface area contributed by atoms with Crippen LogP contribution >= 0.6 is 33.2 Å². The van der Waals surface area contributed by atoms with Crippen molar-refractivity contribution in [2.45, 2.75) is 44.6 Å². The molecular formula is C20H29Cl3O5Si. The number of carbonyl (C=O) groups is 1. The van der Waals surface area contributed by atoms with Crippen LogP contribution in [0, 0.1) is 0 Å². The molecule has 0 atom stereocenters. The first-order chi connectivity index (χ1) is 13.8. The molecule has 0 bridgehead atoms. The van der Waals surface area contributed by atoms with Crippen LogP contribution in [0.2, 0.25) is 6.04 Å². The van der Waals surface area contributed by atoms with E-state index in [9.17, 15) is 4.79 Å². The first kappa shape index (κ1) is 26.0. The molecule has 0 saturated carbocycles. The minimum atomic E-state index is -2.47. The van der Waals surface area contributed by atoms with Crippen LogP contribution in [-0.4, -0.2) is 39.9 Å². The summed E-state index contributed by atoms with van der Waals surface area (Å²) >= 11 is 17.6. The van der Waals surface area contributed by atoms with Gasteiger partial charge in [0.2, 0.25) is 5.75 Å². The third-order valence-corrected chi connectivity index (χ3v) is 6.82. The molecule has 0 unspecified atom stereocenters. The number of esters is 1. The fourth-order valence-electron chi connectivity index (χ4n) is 2.72. The van der Waals surface area contributed by atoms with E-state index in [4.69, 9.17) is 52.2 Å². The van der Waals surface area contributed by atoms with Gasteiger partial charge >= 0.3 is 12.0 Å². The van der Waals surface area contributed by atoms with Crippen LogP contribution in [0.1, 0.15) is 44.1 Å². The molecule has 29 heavy (non-hydrogen) atoms. The molecule has 9 heteroatoms. The molecule has 0 heterocycles. The summed E-state index contributed by atoms with van der Waals surface area (Å²) in [6, 6.07) is 1.77. The van der Waals surface area contributed by atoms with E-state index >= 15 is 0 Å². The molecule has 0 N–H and O–H groups in total. The Hall–Kier alpha value is -1.08. The van der Waals surface area contributed by atoms with Crippen LogP contribution in [0.15, 0.2) is 18.2 Å². The van der Waals surface area contributed by atoms with E-state index in [1.165, 1.54) is 6.08 Å². The number of hydrogen-bond donors (Lipinski definition) is 0. The highest BCUT2D eigenvalue weighted by Crippen LogP contribution is 2.38. The van der Waals surface area contributed by atoms with Crippen molar-refractivity contribution in [1.29, 1.82) is 0 Å². The van der Waals surface area contributed by atoms with Gasteiger partial charge in [0, 0.05) is 6.08 Å². The molecule has 1 aromatic rings. The van der Waals surface area contributed by atoms with Crippen LogP contribution < -0.4 is 14.2 Å². The van der Waals surface area contributed by atoms with Crippen LogP contribution in [0.4, 0.5) is 0 Å². The third-order valence-electron chi connectivity index (χ3n) is 4.20. The molecule has 0 saturated heterocycles. The average molecular weight is 484 g/mol. The lowest BCUT2D eigenvalue weighted by atomic mass is 10.1. The van der Waals surface area contributed by atoms with Crippen LogP contribution in [0.3, 0.4) is 0 Å². The summed E-state index contributed by atoms with van der Waals surface area (Å²) in [4.78, 5) is 11.9. The molecule has 0 aromatic heterocycles. The number of benzene rings is 1. The molecule has 0 amide bonds. The van der Waals surface area contributed by atoms with Crippen molar-refractivity contribution < 1.29 is 23.7 Å². The van der Waals surface area contributed by atoms with Gasteiger partial charge in [0.25, 0.3) is 0 Å². The average Bonchev–Trinajstić information content (AvgIpc) is 2.69. The summed E-state index contributed by atoms with van der Waals surface area (Å²) in [5, 5.41) is 0.